The van der Waals surface area contributed by atoms with Crippen molar-refractivity contribution in [1.82, 2.24) is 4.57 Å². The van der Waals surface area contributed by atoms with Gasteiger partial charge in [0.2, 0.25) is 0 Å². The summed E-state index contributed by atoms with van der Waals surface area (Å²) in [5, 5.41) is 2.02. The van der Waals surface area contributed by atoms with Gasteiger partial charge in [-0.2, -0.15) is 0 Å². The van der Waals surface area contributed by atoms with Crippen LogP contribution in [0.15, 0.2) is 127 Å². The van der Waals surface area contributed by atoms with Gasteiger partial charge in [0.25, 0.3) is 0 Å². The first-order chi connectivity index (χ1) is 21.7. The minimum atomic E-state index is 0.506. The quantitative estimate of drug-likeness (QED) is 0.117. The topological polar surface area (TPSA) is 32.6 Å². The molecular formula is C39H36BrNO3. The van der Waals surface area contributed by atoms with Gasteiger partial charge < -0.3 is 18.8 Å². The Kier molecular flexibility index (Phi) is 9.63. The summed E-state index contributed by atoms with van der Waals surface area (Å²) in [6, 6.07) is 44.0. The van der Waals surface area contributed by atoms with Crippen molar-refractivity contribution in [1.29, 1.82) is 0 Å². The molecule has 0 aliphatic carbocycles. The van der Waals surface area contributed by atoms with E-state index in [2.05, 4.69) is 118 Å². The van der Waals surface area contributed by atoms with Gasteiger partial charge in [-0.25, -0.2) is 0 Å². The summed E-state index contributed by atoms with van der Waals surface area (Å²) in [6.07, 6.45) is 0.864. The van der Waals surface area contributed by atoms with Crippen LogP contribution in [0, 0.1) is 0 Å². The molecule has 0 spiro atoms. The zero-order chi connectivity index (χ0) is 30.1. The van der Waals surface area contributed by atoms with Gasteiger partial charge in [-0.15, -0.1) is 0 Å². The van der Waals surface area contributed by atoms with E-state index in [-0.39, 0.29) is 0 Å². The predicted octanol–water partition coefficient (Wildman–Crippen LogP) is 9.85. The van der Waals surface area contributed by atoms with Crippen LogP contribution in [0.25, 0.3) is 22.0 Å². The molecule has 0 atom stereocenters. The van der Waals surface area contributed by atoms with Gasteiger partial charge in [-0.05, 0) is 52.9 Å². The number of aromatic nitrogens is 1. The van der Waals surface area contributed by atoms with Crippen LogP contribution < -0.4 is 14.2 Å². The van der Waals surface area contributed by atoms with E-state index in [0.717, 1.165) is 45.8 Å². The van der Waals surface area contributed by atoms with E-state index in [1.54, 1.807) is 0 Å². The molecule has 1 heterocycles. The monoisotopic (exact) mass is 645 g/mol. The number of ether oxygens (including phenoxy) is 3. The van der Waals surface area contributed by atoms with Gasteiger partial charge in [0.05, 0.1) is 18.7 Å². The molecule has 0 aliphatic rings. The number of rotatable bonds is 13. The molecular weight excluding hydrogens is 610 g/mol. The first kappa shape index (κ1) is 29.6. The Balaban J connectivity index is 1.38. The first-order valence-corrected chi connectivity index (χ1v) is 16.2. The Bertz CT molecular complexity index is 1780. The third-order valence-electron chi connectivity index (χ3n) is 7.73. The highest BCUT2D eigenvalue weighted by atomic mass is 79.9. The summed E-state index contributed by atoms with van der Waals surface area (Å²) in [4.78, 5) is 0. The van der Waals surface area contributed by atoms with Crippen molar-refractivity contribution >= 4 is 26.8 Å². The van der Waals surface area contributed by atoms with E-state index in [9.17, 15) is 0 Å². The maximum atomic E-state index is 6.68. The molecule has 44 heavy (non-hydrogen) atoms. The lowest BCUT2D eigenvalue weighted by Gasteiger charge is -2.16. The molecule has 0 fully saturated rings. The fourth-order valence-electron chi connectivity index (χ4n) is 5.58. The van der Waals surface area contributed by atoms with Crippen LogP contribution >= 0.6 is 15.9 Å². The third kappa shape index (κ3) is 6.84. The molecule has 6 rings (SSSR count). The molecule has 4 nitrogen and oxygen atoms in total. The number of alkyl halides is 1. The summed E-state index contributed by atoms with van der Waals surface area (Å²) >= 11 is 3.44. The third-order valence-corrected chi connectivity index (χ3v) is 8.05. The Morgan fingerprint density at radius 3 is 1.84 bits per heavy atom. The van der Waals surface area contributed by atoms with Crippen molar-refractivity contribution in [3.05, 3.63) is 150 Å². The Morgan fingerprint density at radius 2 is 1.20 bits per heavy atom. The van der Waals surface area contributed by atoms with Crippen molar-refractivity contribution in [2.45, 2.75) is 33.1 Å². The number of benzene rings is 5. The summed E-state index contributed by atoms with van der Waals surface area (Å²) in [5.41, 5.74) is 8.17. The summed E-state index contributed by atoms with van der Waals surface area (Å²) in [7, 11) is 0. The smallest absolute Gasteiger partial charge is 0.198 e. The summed E-state index contributed by atoms with van der Waals surface area (Å²) in [5.74, 6) is 2.64. The molecule has 0 radical (unpaired) electrons. The van der Waals surface area contributed by atoms with Crippen LogP contribution in [0.2, 0.25) is 0 Å². The van der Waals surface area contributed by atoms with Crippen molar-refractivity contribution in [2.24, 2.45) is 0 Å². The maximum absolute atomic E-state index is 6.68. The standard InChI is InChI=1S/C39H36BrNO3/c1-2-35-37-15-9-14-36(32-18-22-34(23-19-32)43-27-30-10-5-3-6-11-30)38(37)41(39(35)44-28-31-12-7-4-8-13-31)26-29-16-20-33(21-17-29)42-25-24-40/h3-23H,2,24-28H2,1H3. The van der Waals surface area contributed by atoms with E-state index >= 15 is 0 Å². The molecule has 0 N–H and O–H groups in total. The fraction of sp³-hybridized carbons (Fsp3) is 0.179. The molecule has 222 valence electrons. The number of aryl methyl sites for hydroxylation is 1. The maximum Gasteiger partial charge on any atom is 0.198 e. The van der Waals surface area contributed by atoms with Crippen LogP contribution in [0.5, 0.6) is 17.4 Å². The zero-order valence-electron chi connectivity index (χ0n) is 24.9. The molecule has 1 aromatic heterocycles. The van der Waals surface area contributed by atoms with E-state index < -0.39 is 0 Å². The van der Waals surface area contributed by atoms with Crippen LogP contribution in [-0.2, 0) is 26.2 Å². The number of hydrogen-bond acceptors (Lipinski definition) is 3. The average molecular weight is 647 g/mol. The van der Waals surface area contributed by atoms with Crippen LogP contribution in [-0.4, -0.2) is 16.5 Å². The lowest BCUT2D eigenvalue weighted by molar-refractivity contribution is 0.280. The molecule has 0 amide bonds. The average Bonchev–Trinajstić information content (AvgIpc) is 3.39. The minimum Gasteiger partial charge on any atom is -0.493 e. The molecule has 0 aliphatic heterocycles. The van der Waals surface area contributed by atoms with Gasteiger partial charge in [-0.3, -0.25) is 0 Å². The van der Waals surface area contributed by atoms with Crippen LogP contribution in [0.3, 0.4) is 0 Å². The van der Waals surface area contributed by atoms with Crippen molar-refractivity contribution in [2.75, 3.05) is 11.9 Å². The van der Waals surface area contributed by atoms with E-state index in [4.69, 9.17) is 14.2 Å². The second kappa shape index (κ2) is 14.3. The molecule has 6 aromatic rings. The molecule has 0 saturated heterocycles. The van der Waals surface area contributed by atoms with Gasteiger partial charge in [0, 0.05) is 21.8 Å². The molecule has 5 heteroatoms. The normalized spacial score (nSPS) is 11.0. The van der Waals surface area contributed by atoms with Crippen LogP contribution in [0.4, 0.5) is 0 Å². The zero-order valence-corrected chi connectivity index (χ0v) is 26.5. The largest absolute Gasteiger partial charge is 0.493 e. The highest BCUT2D eigenvalue weighted by Crippen LogP contribution is 2.40. The Hall–Kier alpha value is -4.48. The van der Waals surface area contributed by atoms with Crippen molar-refractivity contribution in [3.63, 3.8) is 0 Å². The van der Waals surface area contributed by atoms with Gasteiger partial charge in [-0.1, -0.05) is 126 Å². The first-order valence-electron chi connectivity index (χ1n) is 15.1. The van der Waals surface area contributed by atoms with Gasteiger partial charge in [0.1, 0.15) is 24.7 Å². The summed E-state index contributed by atoms with van der Waals surface area (Å²) in [6.45, 7) is 4.57. The molecule has 0 saturated carbocycles. The Morgan fingerprint density at radius 1 is 0.591 bits per heavy atom. The number of fused-ring (bicyclic) bond motifs is 1. The summed E-state index contributed by atoms with van der Waals surface area (Å²) < 4.78 is 20.9. The minimum absolute atomic E-state index is 0.506. The number of halogens is 1. The number of para-hydroxylation sites is 1. The van der Waals surface area contributed by atoms with Crippen LogP contribution in [0.1, 0.15) is 29.2 Å². The SMILES string of the molecule is CCc1c(OCc2ccccc2)n(Cc2ccc(OCCBr)cc2)c2c(-c3ccc(OCc4ccccc4)cc3)cccc12. The van der Waals surface area contributed by atoms with E-state index in [1.165, 1.54) is 27.6 Å². The molecule has 5 aromatic carbocycles. The number of hydrogen-bond donors (Lipinski definition) is 0. The highest BCUT2D eigenvalue weighted by molar-refractivity contribution is 9.09. The fourth-order valence-corrected chi connectivity index (χ4v) is 5.74. The second-order valence-electron chi connectivity index (χ2n) is 10.7. The van der Waals surface area contributed by atoms with Crippen molar-refractivity contribution in [3.8, 4) is 28.5 Å². The van der Waals surface area contributed by atoms with Crippen molar-refractivity contribution < 1.29 is 14.2 Å². The van der Waals surface area contributed by atoms with E-state index in [1.807, 2.05) is 36.4 Å². The highest BCUT2D eigenvalue weighted by Gasteiger charge is 2.21. The van der Waals surface area contributed by atoms with Gasteiger partial charge >= 0.3 is 0 Å². The lowest BCUT2D eigenvalue weighted by Crippen LogP contribution is -2.07. The molecule has 0 bridgehead atoms. The Labute approximate surface area is 268 Å². The lowest BCUT2D eigenvalue weighted by atomic mass is 10.0. The predicted molar refractivity (Wildman–Crippen MR) is 183 cm³/mol. The van der Waals surface area contributed by atoms with Gasteiger partial charge in [0.15, 0.2) is 5.88 Å². The molecule has 0 unspecified atom stereocenters. The number of nitrogens with zero attached hydrogens (tertiary/aromatic N) is 1. The van der Waals surface area contributed by atoms with E-state index in [0.29, 0.717) is 26.4 Å². The second-order valence-corrected chi connectivity index (χ2v) is 11.5.